The Morgan fingerprint density at radius 1 is 1.30 bits per heavy atom. The summed E-state index contributed by atoms with van der Waals surface area (Å²) in [5, 5.41) is 6.07. The number of nitrogens with one attached hydrogen (secondary N) is 2. The first-order chi connectivity index (χ1) is 9.81. The van der Waals surface area contributed by atoms with Gasteiger partial charge in [-0.2, -0.15) is 0 Å². The molecule has 1 saturated heterocycles. The van der Waals surface area contributed by atoms with Crippen LogP contribution in [0.5, 0.6) is 11.5 Å². The van der Waals surface area contributed by atoms with Gasteiger partial charge in [-0.1, -0.05) is 12.1 Å². The normalized spacial score (nSPS) is 18.4. The predicted molar refractivity (Wildman–Crippen MR) is 77.1 cm³/mol. The third kappa shape index (κ3) is 4.13. The fourth-order valence-corrected chi connectivity index (χ4v) is 2.21. The number of rotatable bonds is 7. The van der Waals surface area contributed by atoms with Gasteiger partial charge in [-0.15, -0.1) is 0 Å². The molecule has 1 aromatic rings. The summed E-state index contributed by atoms with van der Waals surface area (Å²) in [5.74, 6) is 1.58. The molecule has 1 unspecified atom stereocenters. The average molecular weight is 278 g/mol. The maximum Gasteiger partial charge on any atom is 0.237 e. The van der Waals surface area contributed by atoms with Gasteiger partial charge in [0.25, 0.3) is 0 Å². The summed E-state index contributed by atoms with van der Waals surface area (Å²) in [6.07, 6.45) is 1.92. The molecule has 5 nitrogen and oxygen atoms in total. The summed E-state index contributed by atoms with van der Waals surface area (Å²) in [6, 6.07) is 7.52. The molecule has 110 valence electrons. The van der Waals surface area contributed by atoms with Crippen LogP contribution in [0.15, 0.2) is 24.3 Å². The molecule has 0 saturated carbocycles. The van der Waals surface area contributed by atoms with Gasteiger partial charge in [-0.05, 0) is 31.9 Å². The molecule has 0 aliphatic carbocycles. The highest BCUT2D eigenvalue weighted by molar-refractivity contribution is 5.82. The van der Waals surface area contributed by atoms with Gasteiger partial charge in [-0.25, -0.2) is 0 Å². The van der Waals surface area contributed by atoms with Crippen molar-refractivity contribution in [2.75, 3.05) is 26.3 Å². The van der Waals surface area contributed by atoms with Crippen LogP contribution in [0.25, 0.3) is 0 Å². The molecule has 1 aliphatic rings. The van der Waals surface area contributed by atoms with Crippen LogP contribution in [0.4, 0.5) is 0 Å². The van der Waals surface area contributed by atoms with Gasteiger partial charge >= 0.3 is 0 Å². The zero-order valence-corrected chi connectivity index (χ0v) is 11.9. The van der Waals surface area contributed by atoms with Crippen molar-refractivity contribution in [3.8, 4) is 11.5 Å². The summed E-state index contributed by atoms with van der Waals surface area (Å²) in [6.45, 7) is 4.49. The third-order valence-electron chi connectivity index (χ3n) is 3.18. The summed E-state index contributed by atoms with van der Waals surface area (Å²) >= 11 is 0. The molecule has 1 atom stereocenters. The molecule has 0 aromatic heterocycles. The number of ether oxygens (including phenoxy) is 2. The molecule has 20 heavy (non-hydrogen) atoms. The topological polar surface area (TPSA) is 59.6 Å². The number of hydrogen-bond donors (Lipinski definition) is 2. The van der Waals surface area contributed by atoms with E-state index in [1.807, 2.05) is 31.2 Å². The Bertz CT molecular complexity index is 437. The van der Waals surface area contributed by atoms with E-state index >= 15 is 0 Å². The standard InChI is InChI=1S/C15H22N2O3/c1-2-19-13-7-3-4-8-14(13)20-11-10-16-12-6-5-9-17-15(12)18/h3-4,7-8,12,16H,2,5-6,9-11H2,1H3,(H,17,18). The van der Waals surface area contributed by atoms with Crippen LogP contribution in [0, 0.1) is 0 Å². The van der Waals surface area contributed by atoms with E-state index in [9.17, 15) is 4.79 Å². The number of hydrogen-bond acceptors (Lipinski definition) is 4. The van der Waals surface area contributed by atoms with Crippen LogP contribution in [0.2, 0.25) is 0 Å². The summed E-state index contributed by atoms with van der Waals surface area (Å²) in [7, 11) is 0. The lowest BCUT2D eigenvalue weighted by atomic mass is 10.1. The highest BCUT2D eigenvalue weighted by Crippen LogP contribution is 2.26. The number of piperidine rings is 1. The fraction of sp³-hybridized carbons (Fsp3) is 0.533. The number of benzene rings is 1. The number of carbonyl (C=O) groups is 1. The first kappa shape index (κ1) is 14.7. The van der Waals surface area contributed by atoms with Gasteiger partial charge in [0.15, 0.2) is 11.5 Å². The first-order valence-corrected chi connectivity index (χ1v) is 7.17. The summed E-state index contributed by atoms with van der Waals surface area (Å²) in [5.41, 5.74) is 0. The Hall–Kier alpha value is -1.75. The van der Waals surface area contributed by atoms with E-state index in [0.29, 0.717) is 19.8 Å². The molecule has 1 amide bonds. The van der Waals surface area contributed by atoms with Gasteiger partial charge in [-0.3, -0.25) is 4.79 Å². The Morgan fingerprint density at radius 3 is 2.75 bits per heavy atom. The van der Waals surface area contributed by atoms with Crippen LogP contribution in [-0.2, 0) is 4.79 Å². The van der Waals surface area contributed by atoms with E-state index in [2.05, 4.69) is 10.6 Å². The van der Waals surface area contributed by atoms with Crippen molar-refractivity contribution >= 4 is 5.91 Å². The van der Waals surface area contributed by atoms with Crippen molar-refractivity contribution in [3.05, 3.63) is 24.3 Å². The summed E-state index contributed by atoms with van der Waals surface area (Å²) in [4.78, 5) is 11.6. The fourth-order valence-electron chi connectivity index (χ4n) is 2.21. The Labute approximate surface area is 119 Å². The molecule has 1 aliphatic heterocycles. The van der Waals surface area contributed by atoms with Crippen molar-refractivity contribution in [2.24, 2.45) is 0 Å². The second kappa shape index (κ2) is 7.75. The Balaban J connectivity index is 1.74. The van der Waals surface area contributed by atoms with Crippen molar-refractivity contribution in [2.45, 2.75) is 25.8 Å². The molecule has 2 N–H and O–H groups in total. The molecule has 0 spiro atoms. The average Bonchev–Trinajstić information content (AvgIpc) is 2.47. The molecule has 1 fully saturated rings. The van der Waals surface area contributed by atoms with E-state index in [-0.39, 0.29) is 11.9 Å². The molecule has 1 aromatic carbocycles. The quantitative estimate of drug-likeness (QED) is 0.739. The van der Waals surface area contributed by atoms with Crippen LogP contribution in [0.3, 0.4) is 0 Å². The van der Waals surface area contributed by atoms with Gasteiger partial charge in [0.05, 0.1) is 12.6 Å². The monoisotopic (exact) mass is 278 g/mol. The molecular formula is C15H22N2O3. The van der Waals surface area contributed by atoms with Crippen LogP contribution >= 0.6 is 0 Å². The SMILES string of the molecule is CCOc1ccccc1OCCNC1CCCNC1=O. The smallest absolute Gasteiger partial charge is 0.237 e. The lowest BCUT2D eigenvalue weighted by molar-refractivity contribution is -0.124. The second-order valence-electron chi connectivity index (χ2n) is 4.67. The van der Waals surface area contributed by atoms with E-state index in [4.69, 9.17) is 9.47 Å². The zero-order valence-electron chi connectivity index (χ0n) is 11.9. The number of para-hydroxylation sites is 2. The van der Waals surface area contributed by atoms with Crippen molar-refractivity contribution in [1.29, 1.82) is 0 Å². The molecule has 1 heterocycles. The van der Waals surface area contributed by atoms with E-state index in [1.54, 1.807) is 0 Å². The zero-order chi connectivity index (χ0) is 14.2. The van der Waals surface area contributed by atoms with Gasteiger partial charge in [0.2, 0.25) is 5.91 Å². The van der Waals surface area contributed by atoms with Crippen LogP contribution in [0.1, 0.15) is 19.8 Å². The molecule has 0 bridgehead atoms. The Morgan fingerprint density at radius 2 is 2.05 bits per heavy atom. The van der Waals surface area contributed by atoms with Crippen molar-refractivity contribution in [1.82, 2.24) is 10.6 Å². The minimum Gasteiger partial charge on any atom is -0.490 e. The minimum absolute atomic E-state index is 0.0884. The maximum absolute atomic E-state index is 11.6. The highest BCUT2D eigenvalue weighted by Gasteiger charge is 2.20. The summed E-state index contributed by atoms with van der Waals surface area (Å²) < 4.78 is 11.2. The molecular weight excluding hydrogens is 256 g/mol. The second-order valence-corrected chi connectivity index (χ2v) is 4.67. The molecule has 0 radical (unpaired) electrons. The van der Waals surface area contributed by atoms with E-state index < -0.39 is 0 Å². The lowest BCUT2D eigenvalue weighted by Crippen LogP contribution is -2.49. The van der Waals surface area contributed by atoms with Crippen LogP contribution < -0.4 is 20.1 Å². The van der Waals surface area contributed by atoms with Crippen molar-refractivity contribution in [3.63, 3.8) is 0 Å². The van der Waals surface area contributed by atoms with Gasteiger partial charge in [0.1, 0.15) is 6.61 Å². The largest absolute Gasteiger partial charge is 0.490 e. The van der Waals surface area contributed by atoms with E-state index in [1.165, 1.54) is 0 Å². The van der Waals surface area contributed by atoms with Crippen molar-refractivity contribution < 1.29 is 14.3 Å². The predicted octanol–water partition coefficient (Wildman–Crippen LogP) is 1.33. The number of amides is 1. The molecule has 2 rings (SSSR count). The highest BCUT2D eigenvalue weighted by atomic mass is 16.5. The maximum atomic E-state index is 11.6. The third-order valence-corrected chi connectivity index (χ3v) is 3.18. The van der Waals surface area contributed by atoms with E-state index in [0.717, 1.165) is 30.9 Å². The van der Waals surface area contributed by atoms with Gasteiger partial charge in [0, 0.05) is 13.1 Å². The number of carbonyl (C=O) groups excluding carboxylic acids is 1. The lowest BCUT2D eigenvalue weighted by Gasteiger charge is -2.22. The molecule has 5 heteroatoms. The first-order valence-electron chi connectivity index (χ1n) is 7.17. The minimum atomic E-state index is -0.0884. The Kier molecular flexibility index (Phi) is 5.68. The van der Waals surface area contributed by atoms with Gasteiger partial charge < -0.3 is 20.1 Å². The van der Waals surface area contributed by atoms with Crippen LogP contribution in [-0.4, -0.2) is 38.3 Å².